The van der Waals surface area contributed by atoms with Gasteiger partial charge in [-0.25, -0.2) is 0 Å². The fourth-order valence-electron chi connectivity index (χ4n) is 3.27. The third-order valence-electron chi connectivity index (χ3n) is 4.14. The lowest BCUT2D eigenvalue weighted by atomic mass is 9.86. The molecular formula is C14H25NO2S. The van der Waals surface area contributed by atoms with E-state index in [-0.39, 0.29) is 6.04 Å². The molecular weight excluding hydrogens is 246 g/mol. The summed E-state index contributed by atoms with van der Waals surface area (Å²) in [6.45, 7) is 5.58. The molecule has 0 aromatic carbocycles. The first-order valence-electron chi connectivity index (χ1n) is 7.06. The number of thioether (sulfide) groups is 1. The van der Waals surface area contributed by atoms with E-state index in [9.17, 15) is 9.90 Å². The molecule has 2 unspecified atom stereocenters. The number of carboxylic acid groups (broad SMARTS) is 1. The number of likely N-dealkylation sites (tertiary alicyclic amines) is 1. The SMILES string of the molecule is CC1(C)CSCC(N2CCCCCC2C(=O)O)C1. The van der Waals surface area contributed by atoms with Crippen LogP contribution in [0.5, 0.6) is 0 Å². The quantitative estimate of drug-likeness (QED) is 0.838. The minimum atomic E-state index is -0.620. The number of nitrogens with zero attached hydrogens (tertiary/aromatic N) is 1. The van der Waals surface area contributed by atoms with Crippen LogP contribution in [-0.2, 0) is 4.79 Å². The highest BCUT2D eigenvalue weighted by Crippen LogP contribution is 2.37. The highest BCUT2D eigenvalue weighted by atomic mass is 32.2. The van der Waals surface area contributed by atoms with Crippen LogP contribution in [0.4, 0.5) is 0 Å². The molecule has 2 heterocycles. The molecule has 0 saturated carbocycles. The number of hydrogen-bond donors (Lipinski definition) is 1. The van der Waals surface area contributed by atoms with Gasteiger partial charge in [0.05, 0.1) is 0 Å². The molecule has 0 aliphatic carbocycles. The summed E-state index contributed by atoms with van der Waals surface area (Å²) in [7, 11) is 0. The fraction of sp³-hybridized carbons (Fsp3) is 0.929. The smallest absolute Gasteiger partial charge is 0.320 e. The van der Waals surface area contributed by atoms with Gasteiger partial charge in [0, 0.05) is 11.8 Å². The molecule has 0 aromatic rings. The number of carbonyl (C=O) groups is 1. The molecule has 2 aliphatic heterocycles. The van der Waals surface area contributed by atoms with Crippen molar-refractivity contribution in [1.82, 2.24) is 4.90 Å². The summed E-state index contributed by atoms with van der Waals surface area (Å²) in [5, 5.41) is 9.45. The van der Waals surface area contributed by atoms with Crippen LogP contribution < -0.4 is 0 Å². The predicted molar refractivity (Wildman–Crippen MR) is 76.1 cm³/mol. The van der Waals surface area contributed by atoms with E-state index >= 15 is 0 Å². The van der Waals surface area contributed by atoms with Gasteiger partial charge in [0.2, 0.25) is 0 Å². The van der Waals surface area contributed by atoms with Crippen LogP contribution in [0.2, 0.25) is 0 Å². The van der Waals surface area contributed by atoms with Gasteiger partial charge in [-0.05, 0) is 37.0 Å². The van der Waals surface area contributed by atoms with E-state index in [0.29, 0.717) is 11.5 Å². The molecule has 3 nitrogen and oxygen atoms in total. The molecule has 18 heavy (non-hydrogen) atoms. The molecule has 2 atom stereocenters. The van der Waals surface area contributed by atoms with Crippen molar-refractivity contribution >= 4 is 17.7 Å². The lowest BCUT2D eigenvalue weighted by Gasteiger charge is -2.42. The standard InChI is InChI=1S/C14H25NO2S/c1-14(2)8-11(9-18-10-14)15-7-5-3-4-6-12(15)13(16)17/h11-12H,3-10H2,1-2H3,(H,16,17). The first kappa shape index (κ1) is 14.2. The van der Waals surface area contributed by atoms with Gasteiger partial charge in [-0.2, -0.15) is 11.8 Å². The van der Waals surface area contributed by atoms with Gasteiger partial charge in [0.1, 0.15) is 6.04 Å². The van der Waals surface area contributed by atoms with E-state index in [0.717, 1.165) is 38.0 Å². The molecule has 2 rings (SSSR count). The van der Waals surface area contributed by atoms with Crippen LogP contribution in [0.1, 0.15) is 46.0 Å². The molecule has 0 radical (unpaired) electrons. The van der Waals surface area contributed by atoms with Gasteiger partial charge in [-0.1, -0.05) is 26.7 Å². The van der Waals surface area contributed by atoms with E-state index in [1.165, 1.54) is 12.2 Å². The van der Waals surface area contributed by atoms with E-state index in [1.807, 2.05) is 11.8 Å². The molecule has 2 fully saturated rings. The Morgan fingerprint density at radius 1 is 1.33 bits per heavy atom. The second-order valence-electron chi connectivity index (χ2n) is 6.48. The molecule has 0 amide bonds. The van der Waals surface area contributed by atoms with E-state index < -0.39 is 5.97 Å². The number of hydrogen-bond acceptors (Lipinski definition) is 3. The van der Waals surface area contributed by atoms with Crippen molar-refractivity contribution in [2.45, 2.75) is 58.0 Å². The molecule has 2 saturated heterocycles. The maximum Gasteiger partial charge on any atom is 0.320 e. The first-order chi connectivity index (χ1) is 8.49. The second kappa shape index (κ2) is 5.83. The molecule has 1 N–H and O–H groups in total. The van der Waals surface area contributed by atoms with Crippen molar-refractivity contribution in [3.63, 3.8) is 0 Å². The van der Waals surface area contributed by atoms with Gasteiger partial charge in [-0.15, -0.1) is 0 Å². The van der Waals surface area contributed by atoms with Crippen molar-refractivity contribution < 1.29 is 9.90 Å². The Kier molecular flexibility index (Phi) is 4.59. The third-order valence-corrected chi connectivity index (χ3v) is 5.75. The molecule has 0 spiro atoms. The van der Waals surface area contributed by atoms with Crippen molar-refractivity contribution in [1.29, 1.82) is 0 Å². The second-order valence-corrected chi connectivity index (χ2v) is 7.51. The van der Waals surface area contributed by atoms with Gasteiger partial charge < -0.3 is 5.11 Å². The molecule has 4 heteroatoms. The zero-order valence-electron chi connectivity index (χ0n) is 11.5. The predicted octanol–water partition coefficient (Wildman–Crippen LogP) is 2.85. The molecule has 0 bridgehead atoms. The Labute approximate surface area is 114 Å². The van der Waals surface area contributed by atoms with Crippen molar-refractivity contribution in [3.8, 4) is 0 Å². The topological polar surface area (TPSA) is 40.5 Å². The Bertz CT molecular complexity index is 306. The van der Waals surface area contributed by atoms with Crippen LogP contribution in [0.15, 0.2) is 0 Å². The monoisotopic (exact) mass is 271 g/mol. The zero-order valence-corrected chi connectivity index (χ0v) is 12.3. The van der Waals surface area contributed by atoms with Crippen molar-refractivity contribution in [2.75, 3.05) is 18.1 Å². The lowest BCUT2D eigenvalue weighted by molar-refractivity contribution is -0.144. The largest absolute Gasteiger partial charge is 0.480 e. The van der Waals surface area contributed by atoms with Gasteiger partial charge in [-0.3, -0.25) is 9.69 Å². The van der Waals surface area contributed by atoms with Crippen LogP contribution >= 0.6 is 11.8 Å². The number of aliphatic carboxylic acids is 1. The zero-order chi connectivity index (χ0) is 13.2. The van der Waals surface area contributed by atoms with Crippen molar-refractivity contribution in [3.05, 3.63) is 0 Å². The maximum atomic E-state index is 11.5. The maximum absolute atomic E-state index is 11.5. The van der Waals surface area contributed by atoms with Gasteiger partial charge >= 0.3 is 5.97 Å². The normalized spacial score (nSPS) is 33.9. The van der Waals surface area contributed by atoms with Crippen LogP contribution in [0.3, 0.4) is 0 Å². The third kappa shape index (κ3) is 3.41. The minimum absolute atomic E-state index is 0.244. The van der Waals surface area contributed by atoms with E-state index in [1.54, 1.807) is 0 Å². The lowest BCUT2D eigenvalue weighted by Crippen LogP contribution is -2.51. The summed E-state index contributed by atoms with van der Waals surface area (Å²) < 4.78 is 0. The average molecular weight is 271 g/mol. The summed E-state index contributed by atoms with van der Waals surface area (Å²) in [5.41, 5.74) is 0.350. The fourth-order valence-corrected chi connectivity index (χ4v) is 4.64. The Morgan fingerprint density at radius 2 is 2.11 bits per heavy atom. The summed E-state index contributed by atoms with van der Waals surface area (Å²) in [6, 6.07) is 0.213. The summed E-state index contributed by atoms with van der Waals surface area (Å²) in [6.07, 6.45) is 5.38. The van der Waals surface area contributed by atoms with Crippen LogP contribution in [0, 0.1) is 5.41 Å². The molecule has 2 aliphatic rings. The van der Waals surface area contributed by atoms with E-state index in [2.05, 4.69) is 18.7 Å². The summed E-state index contributed by atoms with van der Waals surface area (Å²) in [5.74, 6) is 1.69. The Hall–Kier alpha value is -0.220. The molecule has 104 valence electrons. The summed E-state index contributed by atoms with van der Waals surface area (Å²) in [4.78, 5) is 13.8. The Morgan fingerprint density at radius 3 is 2.78 bits per heavy atom. The summed E-state index contributed by atoms with van der Waals surface area (Å²) >= 11 is 1.99. The van der Waals surface area contributed by atoms with Gasteiger partial charge in [0.25, 0.3) is 0 Å². The van der Waals surface area contributed by atoms with Gasteiger partial charge in [0.15, 0.2) is 0 Å². The Balaban J connectivity index is 2.09. The van der Waals surface area contributed by atoms with E-state index in [4.69, 9.17) is 0 Å². The minimum Gasteiger partial charge on any atom is -0.480 e. The molecule has 0 aromatic heterocycles. The first-order valence-corrected chi connectivity index (χ1v) is 8.21. The highest BCUT2D eigenvalue weighted by molar-refractivity contribution is 7.99. The van der Waals surface area contributed by atoms with Crippen LogP contribution in [-0.4, -0.2) is 46.1 Å². The number of carboxylic acids is 1. The van der Waals surface area contributed by atoms with Crippen molar-refractivity contribution in [2.24, 2.45) is 5.41 Å². The highest BCUT2D eigenvalue weighted by Gasteiger charge is 2.37. The number of rotatable bonds is 2. The average Bonchev–Trinajstić information content (AvgIpc) is 2.52. The van der Waals surface area contributed by atoms with Crippen LogP contribution in [0.25, 0.3) is 0 Å².